The van der Waals surface area contributed by atoms with Crippen molar-refractivity contribution in [1.29, 1.82) is 5.26 Å². The quantitative estimate of drug-likeness (QED) is 0.926. The Balaban J connectivity index is 2.15. The summed E-state index contributed by atoms with van der Waals surface area (Å²) in [5, 5.41) is 15.9. The second-order valence-corrected chi connectivity index (χ2v) is 4.70. The van der Waals surface area contributed by atoms with Gasteiger partial charge in [0.05, 0.1) is 23.9 Å². The highest BCUT2D eigenvalue weighted by atomic mass is 16.1. The molecule has 1 atom stereocenters. The first-order valence-electron chi connectivity index (χ1n) is 6.32. The van der Waals surface area contributed by atoms with E-state index in [9.17, 15) is 4.79 Å². The van der Waals surface area contributed by atoms with E-state index in [-0.39, 0.29) is 11.9 Å². The van der Waals surface area contributed by atoms with Crippen molar-refractivity contribution in [3.63, 3.8) is 0 Å². The number of rotatable bonds is 3. The predicted molar refractivity (Wildman–Crippen MR) is 75.0 cm³/mol. The Morgan fingerprint density at radius 2 is 2.25 bits per heavy atom. The van der Waals surface area contributed by atoms with Crippen molar-refractivity contribution in [1.82, 2.24) is 15.1 Å². The number of aryl methyl sites for hydroxylation is 1. The molecule has 0 saturated carbocycles. The molecule has 0 aliphatic heterocycles. The van der Waals surface area contributed by atoms with E-state index in [4.69, 9.17) is 5.26 Å². The molecule has 20 heavy (non-hydrogen) atoms. The number of nitrogens with one attached hydrogen (secondary N) is 1. The Hall–Kier alpha value is -2.61. The molecule has 0 bridgehead atoms. The molecular weight excluding hydrogens is 252 g/mol. The number of nitrogens with zero attached hydrogens (tertiary/aromatic N) is 3. The topological polar surface area (TPSA) is 70.7 Å². The molecule has 0 unspecified atom stereocenters. The summed E-state index contributed by atoms with van der Waals surface area (Å²) in [5.74, 6) is -0.196. The molecule has 5 heteroatoms. The largest absolute Gasteiger partial charge is 0.345 e. The second kappa shape index (κ2) is 5.57. The summed E-state index contributed by atoms with van der Waals surface area (Å²) < 4.78 is 1.77. The van der Waals surface area contributed by atoms with Crippen molar-refractivity contribution in [2.75, 3.05) is 0 Å². The molecule has 2 aromatic rings. The highest BCUT2D eigenvalue weighted by Gasteiger charge is 2.15. The molecule has 1 aromatic heterocycles. The Labute approximate surface area is 117 Å². The first-order chi connectivity index (χ1) is 9.52. The molecule has 0 saturated heterocycles. The van der Waals surface area contributed by atoms with Crippen LogP contribution in [0.3, 0.4) is 0 Å². The van der Waals surface area contributed by atoms with Gasteiger partial charge in [0.25, 0.3) is 5.91 Å². The number of aromatic nitrogens is 2. The van der Waals surface area contributed by atoms with Gasteiger partial charge in [0.1, 0.15) is 0 Å². The summed E-state index contributed by atoms with van der Waals surface area (Å²) in [6.45, 7) is 3.87. The van der Waals surface area contributed by atoms with Gasteiger partial charge in [-0.05, 0) is 32.0 Å². The maximum atomic E-state index is 12.2. The van der Waals surface area contributed by atoms with E-state index in [1.165, 1.54) is 0 Å². The van der Waals surface area contributed by atoms with Gasteiger partial charge in [-0.3, -0.25) is 9.48 Å². The first-order valence-corrected chi connectivity index (χ1v) is 6.32. The van der Waals surface area contributed by atoms with Crippen LogP contribution in [0.5, 0.6) is 0 Å². The Morgan fingerprint density at radius 1 is 1.50 bits per heavy atom. The van der Waals surface area contributed by atoms with Crippen LogP contribution in [0.15, 0.2) is 30.5 Å². The van der Waals surface area contributed by atoms with Gasteiger partial charge in [-0.1, -0.05) is 6.07 Å². The number of benzene rings is 1. The number of carbonyl (C=O) groups excluding carboxylic acids is 1. The van der Waals surface area contributed by atoms with Crippen LogP contribution in [-0.4, -0.2) is 15.7 Å². The number of amides is 1. The molecule has 0 fully saturated rings. The van der Waals surface area contributed by atoms with Crippen LogP contribution in [0.2, 0.25) is 0 Å². The molecule has 0 radical (unpaired) electrons. The van der Waals surface area contributed by atoms with Crippen molar-refractivity contribution in [2.45, 2.75) is 19.9 Å². The van der Waals surface area contributed by atoms with Crippen LogP contribution in [0.4, 0.5) is 0 Å². The van der Waals surface area contributed by atoms with Gasteiger partial charge in [0.15, 0.2) is 0 Å². The average Bonchev–Trinajstić information content (AvgIpc) is 2.79. The number of hydrogen-bond donors (Lipinski definition) is 1. The summed E-state index contributed by atoms with van der Waals surface area (Å²) in [6.07, 6.45) is 1.76. The molecule has 0 aliphatic rings. The zero-order valence-electron chi connectivity index (χ0n) is 11.7. The lowest BCUT2D eigenvalue weighted by atomic mass is 10.1. The number of carbonyl (C=O) groups is 1. The highest BCUT2D eigenvalue weighted by Crippen LogP contribution is 2.16. The predicted octanol–water partition coefficient (Wildman–Crippen LogP) is 2.09. The SMILES string of the molecule is Cc1c([C@H](C)NC(=O)c2cccc(C#N)c2)cnn1C. The summed E-state index contributed by atoms with van der Waals surface area (Å²) in [7, 11) is 1.86. The Bertz CT molecular complexity index is 681. The molecule has 1 N–H and O–H groups in total. The molecular formula is C15H16N4O. The Kier molecular flexibility index (Phi) is 3.85. The van der Waals surface area contributed by atoms with Gasteiger partial charge in [-0.15, -0.1) is 0 Å². The van der Waals surface area contributed by atoms with Gasteiger partial charge < -0.3 is 5.32 Å². The van der Waals surface area contributed by atoms with E-state index in [0.29, 0.717) is 11.1 Å². The molecule has 1 amide bonds. The normalized spacial score (nSPS) is 11.7. The number of nitriles is 1. The summed E-state index contributed by atoms with van der Waals surface area (Å²) in [5.41, 5.74) is 2.96. The lowest BCUT2D eigenvalue weighted by Gasteiger charge is -2.13. The van der Waals surface area contributed by atoms with Gasteiger partial charge in [0.2, 0.25) is 0 Å². The summed E-state index contributed by atoms with van der Waals surface area (Å²) in [6, 6.07) is 8.54. The molecule has 5 nitrogen and oxygen atoms in total. The van der Waals surface area contributed by atoms with E-state index in [0.717, 1.165) is 11.3 Å². The third-order valence-corrected chi connectivity index (χ3v) is 3.34. The van der Waals surface area contributed by atoms with E-state index in [1.807, 2.05) is 27.0 Å². The molecule has 0 spiro atoms. The minimum atomic E-state index is -0.196. The fourth-order valence-electron chi connectivity index (χ4n) is 2.03. The third kappa shape index (κ3) is 2.69. The van der Waals surface area contributed by atoms with Crippen LogP contribution in [0.25, 0.3) is 0 Å². The van der Waals surface area contributed by atoms with Crippen molar-refractivity contribution < 1.29 is 4.79 Å². The van der Waals surface area contributed by atoms with Crippen LogP contribution in [0.1, 0.15) is 40.1 Å². The van der Waals surface area contributed by atoms with Crippen molar-refractivity contribution >= 4 is 5.91 Å². The van der Waals surface area contributed by atoms with Gasteiger partial charge in [-0.2, -0.15) is 10.4 Å². The minimum Gasteiger partial charge on any atom is -0.345 e. The van der Waals surface area contributed by atoms with E-state index >= 15 is 0 Å². The van der Waals surface area contributed by atoms with Gasteiger partial charge >= 0.3 is 0 Å². The third-order valence-electron chi connectivity index (χ3n) is 3.34. The fourth-order valence-corrected chi connectivity index (χ4v) is 2.03. The first kappa shape index (κ1) is 13.8. The Morgan fingerprint density at radius 3 is 2.85 bits per heavy atom. The van der Waals surface area contributed by atoms with E-state index in [2.05, 4.69) is 10.4 Å². The molecule has 1 aromatic carbocycles. The van der Waals surface area contributed by atoms with E-state index < -0.39 is 0 Å². The monoisotopic (exact) mass is 268 g/mol. The zero-order chi connectivity index (χ0) is 14.7. The maximum absolute atomic E-state index is 12.2. The minimum absolute atomic E-state index is 0.137. The summed E-state index contributed by atoms with van der Waals surface area (Å²) >= 11 is 0. The molecule has 1 heterocycles. The summed E-state index contributed by atoms with van der Waals surface area (Å²) in [4.78, 5) is 12.2. The van der Waals surface area contributed by atoms with Crippen LogP contribution >= 0.6 is 0 Å². The van der Waals surface area contributed by atoms with Crippen LogP contribution < -0.4 is 5.32 Å². The molecule has 102 valence electrons. The van der Waals surface area contributed by atoms with Crippen LogP contribution in [-0.2, 0) is 7.05 Å². The second-order valence-electron chi connectivity index (χ2n) is 4.70. The molecule has 0 aliphatic carbocycles. The van der Waals surface area contributed by atoms with Gasteiger partial charge in [-0.25, -0.2) is 0 Å². The smallest absolute Gasteiger partial charge is 0.251 e. The lowest BCUT2D eigenvalue weighted by Crippen LogP contribution is -2.27. The van der Waals surface area contributed by atoms with Crippen molar-refractivity contribution in [3.05, 3.63) is 52.8 Å². The number of hydrogen-bond acceptors (Lipinski definition) is 3. The lowest BCUT2D eigenvalue weighted by molar-refractivity contribution is 0.0940. The maximum Gasteiger partial charge on any atom is 0.251 e. The molecule has 2 rings (SSSR count). The average molecular weight is 268 g/mol. The van der Waals surface area contributed by atoms with E-state index in [1.54, 1.807) is 35.1 Å². The standard InChI is InChI=1S/C15H16N4O/c1-10(14-9-17-19(3)11(14)2)18-15(20)13-6-4-5-12(7-13)8-16/h4-7,9-10H,1-3H3,(H,18,20)/t10-/m0/s1. The zero-order valence-corrected chi connectivity index (χ0v) is 11.7. The van der Waals surface area contributed by atoms with Gasteiger partial charge in [0, 0.05) is 23.9 Å². The highest BCUT2D eigenvalue weighted by molar-refractivity contribution is 5.94. The van der Waals surface area contributed by atoms with Crippen molar-refractivity contribution in [3.8, 4) is 6.07 Å². The van der Waals surface area contributed by atoms with Crippen molar-refractivity contribution in [2.24, 2.45) is 7.05 Å². The fraction of sp³-hybridized carbons (Fsp3) is 0.267. The van der Waals surface area contributed by atoms with Crippen LogP contribution in [0, 0.1) is 18.3 Å².